The van der Waals surface area contributed by atoms with E-state index in [0.29, 0.717) is 4.47 Å². The van der Waals surface area contributed by atoms with Gasteiger partial charge in [-0.1, -0.05) is 0 Å². The Bertz CT molecular complexity index is 449. The maximum Gasteiger partial charge on any atom is 0.272 e. The molecule has 16 heavy (non-hydrogen) atoms. The lowest BCUT2D eigenvalue weighted by molar-refractivity contribution is -0.125. The van der Waals surface area contributed by atoms with E-state index in [0.717, 1.165) is 0 Å². The zero-order valence-corrected chi connectivity index (χ0v) is 9.96. The minimum absolute atomic E-state index is 0.189. The fourth-order valence-corrected chi connectivity index (χ4v) is 2.11. The molecule has 0 spiro atoms. The van der Waals surface area contributed by atoms with E-state index in [9.17, 15) is 13.6 Å². The number of nitrogens with zero attached hydrogens (tertiary/aromatic N) is 1. The predicted molar refractivity (Wildman–Crippen MR) is 56.9 cm³/mol. The molecule has 0 bridgehead atoms. The number of carbonyl (C=O) groups excluding carboxylic acids is 1. The first kappa shape index (κ1) is 11.4. The van der Waals surface area contributed by atoms with Crippen LogP contribution in [0.5, 0.6) is 0 Å². The fraction of sp³-hybridized carbons (Fsp3) is 0.400. The molecule has 1 fully saturated rings. The molecule has 2 rings (SSSR count). The maximum atomic E-state index is 13.5. The van der Waals surface area contributed by atoms with Gasteiger partial charge in [-0.3, -0.25) is 9.78 Å². The summed E-state index contributed by atoms with van der Waals surface area (Å²) in [6.45, 7) is 1.17. The first-order valence-electron chi connectivity index (χ1n) is 4.61. The van der Waals surface area contributed by atoms with Crippen molar-refractivity contribution in [2.24, 2.45) is 11.1 Å². The SMILES string of the molecule is CC1(C(N)=O)C(c2ccc(Br)cn2)C1(F)F. The van der Waals surface area contributed by atoms with Crippen molar-refractivity contribution in [3.63, 3.8) is 0 Å². The monoisotopic (exact) mass is 290 g/mol. The van der Waals surface area contributed by atoms with Crippen molar-refractivity contribution in [1.82, 2.24) is 4.98 Å². The van der Waals surface area contributed by atoms with Crippen LogP contribution in [0.3, 0.4) is 0 Å². The summed E-state index contributed by atoms with van der Waals surface area (Å²) in [6, 6.07) is 3.08. The topological polar surface area (TPSA) is 56.0 Å². The van der Waals surface area contributed by atoms with Crippen molar-refractivity contribution in [2.45, 2.75) is 18.8 Å². The quantitative estimate of drug-likeness (QED) is 0.906. The summed E-state index contributed by atoms with van der Waals surface area (Å²) >= 11 is 3.16. The molecule has 1 aromatic heterocycles. The number of aromatic nitrogens is 1. The lowest BCUT2D eigenvalue weighted by Gasteiger charge is -2.03. The van der Waals surface area contributed by atoms with E-state index in [2.05, 4.69) is 20.9 Å². The number of nitrogens with two attached hydrogens (primary N) is 1. The lowest BCUT2D eigenvalue weighted by Crippen LogP contribution is -2.27. The van der Waals surface area contributed by atoms with Gasteiger partial charge in [-0.15, -0.1) is 0 Å². The zero-order chi connectivity index (χ0) is 12.1. The molecule has 0 radical (unpaired) electrons. The highest BCUT2D eigenvalue weighted by molar-refractivity contribution is 9.10. The van der Waals surface area contributed by atoms with E-state index >= 15 is 0 Å². The van der Waals surface area contributed by atoms with Crippen LogP contribution in [0, 0.1) is 5.41 Å². The minimum atomic E-state index is -3.11. The van der Waals surface area contributed by atoms with Crippen LogP contribution in [0.1, 0.15) is 18.5 Å². The van der Waals surface area contributed by atoms with E-state index < -0.39 is 23.2 Å². The van der Waals surface area contributed by atoms with Crippen molar-refractivity contribution in [1.29, 1.82) is 0 Å². The summed E-state index contributed by atoms with van der Waals surface area (Å²) in [5, 5.41) is 0. The van der Waals surface area contributed by atoms with Crippen LogP contribution in [0.25, 0.3) is 0 Å². The average molecular weight is 291 g/mol. The molecule has 1 aromatic rings. The second kappa shape index (κ2) is 3.23. The van der Waals surface area contributed by atoms with Crippen LogP contribution in [0.2, 0.25) is 0 Å². The summed E-state index contributed by atoms with van der Waals surface area (Å²) < 4.78 is 27.8. The maximum absolute atomic E-state index is 13.5. The highest BCUT2D eigenvalue weighted by Crippen LogP contribution is 2.70. The van der Waals surface area contributed by atoms with Gasteiger partial charge in [-0.05, 0) is 35.0 Å². The largest absolute Gasteiger partial charge is 0.369 e. The van der Waals surface area contributed by atoms with Crippen LogP contribution >= 0.6 is 15.9 Å². The lowest BCUT2D eigenvalue weighted by atomic mass is 10.0. The van der Waals surface area contributed by atoms with Gasteiger partial charge in [0.15, 0.2) is 0 Å². The summed E-state index contributed by atoms with van der Waals surface area (Å²) in [5.41, 5.74) is 3.39. The van der Waals surface area contributed by atoms with Crippen molar-refractivity contribution >= 4 is 21.8 Å². The van der Waals surface area contributed by atoms with Crippen molar-refractivity contribution in [3.05, 3.63) is 28.5 Å². The highest BCUT2D eigenvalue weighted by Gasteiger charge is 2.82. The second-order valence-electron chi connectivity index (χ2n) is 4.02. The van der Waals surface area contributed by atoms with Crippen molar-refractivity contribution < 1.29 is 13.6 Å². The molecule has 1 saturated carbocycles. The van der Waals surface area contributed by atoms with E-state index in [1.165, 1.54) is 19.2 Å². The standard InChI is InChI=1S/C10H9BrF2N2O/c1-9(8(14)16)7(10(9,12)13)6-3-2-5(11)4-15-6/h2-4,7H,1H3,(H2,14,16). The second-order valence-corrected chi connectivity index (χ2v) is 4.94. The Kier molecular flexibility index (Phi) is 2.31. The molecule has 2 unspecified atom stereocenters. The average Bonchev–Trinajstić information content (AvgIpc) is 2.65. The number of carbonyl (C=O) groups is 1. The van der Waals surface area contributed by atoms with Gasteiger partial charge in [0.1, 0.15) is 5.41 Å². The molecular weight excluding hydrogens is 282 g/mol. The number of primary amides is 1. The third-order valence-electron chi connectivity index (χ3n) is 3.11. The molecule has 1 amide bonds. The summed E-state index contributed by atoms with van der Waals surface area (Å²) in [4.78, 5) is 14.9. The van der Waals surface area contributed by atoms with Crippen LogP contribution in [-0.2, 0) is 4.79 Å². The number of amides is 1. The van der Waals surface area contributed by atoms with Gasteiger partial charge in [-0.25, -0.2) is 8.78 Å². The van der Waals surface area contributed by atoms with Gasteiger partial charge in [0.05, 0.1) is 11.6 Å². The Morgan fingerprint density at radius 1 is 1.56 bits per heavy atom. The first-order valence-corrected chi connectivity index (χ1v) is 5.40. The van der Waals surface area contributed by atoms with Crippen LogP contribution in [-0.4, -0.2) is 16.8 Å². The van der Waals surface area contributed by atoms with Gasteiger partial charge in [0.2, 0.25) is 5.91 Å². The Balaban J connectivity index is 2.38. The molecule has 2 atom stereocenters. The molecule has 0 aliphatic heterocycles. The van der Waals surface area contributed by atoms with Gasteiger partial charge < -0.3 is 5.73 Å². The predicted octanol–water partition coefficient (Wildman–Crippen LogP) is 2.07. The molecule has 2 N–H and O–H groups in total. The van der Waals surface area contributed by atoms with Crippen LogP contribution < -0.4 is 5.73 Å². The molecule has 0 aromatic carbocycles. The minimum Gasteiger partial charge on any atom is -0.369 e. The number of pyridine rings is 1. The number of rotatable bonds is 2. The molecule has 1 heterocycles. The molecule has 6 heteroatoms. The van der Waals surface area contributed by atoms with E-state index in [-0.39, 0.29) is 5.69 Å². The zero-order valence-electron chi connectivity index (χ0n) is 8.38. The molecular formula is C10H9BrF2N2O. The Labute approximate surface area is 99.2 Å². The van der Waals surface area contributed by atoms with Crippen LogP contribution in [0.15, 0.2) is 22.8 Å². The van der Waals surface area contributed by atoms with Gasteiger partial charge in [0, 0.05) is 10.7 Å². The highest BCUT2D eigenvalue weighted by atomic mass is 79.9. The third kappa shape index (κ3) is 1.29. The van der Waals surface area contributed by atoms with Crippen molar-refractivity contribution in [2.75, 3.05) is 0 Å². The number of hydrogen-bond donors (Lipinski definition) is 1. The normalized spacial score (nSPS) is 31.1. The summed E-state index contributed by atoms with van der Waals surface area (Å²) in [5.74, 6) is -5.32. The van der Waals surface area contributed by atoms with E-state index in [1.807, 2.05) is 0 Å². The van der Waals surface area contributed by atoms with Crippen molar-refractivity contribution in [3.8, 4) is 0 Å². The fourth-order valence-electron chi connectivity index (χ4n) is 1.88. The number of halogens is 3. The molecule has 1 aliphatic rings. The molecule has 0 saturated heterocycles. The molecule has 1 aliphatic carbocycles. The van der Waals surface area contributed by atoms with Crippen LogP contribution in [0.4, 0.5) is 8.78 Å². The smallest absolute Gasteiger partial charge is 0.272 e. The van der Waals surface area contributed by atoms with Gasteiger partial charge in [0.25, 0.3) is 5.92 Å². The summed E-state index contributed by atoms with van der Waals surface area (Å²) in [7, 11) is 0. The third-order valence-corrected chi connectivity index (χ3v) is 3.58. The van der Waals surface area contributed by atoms with Gasteiger partial charge in [-0.2, -0.15) is 0 Å². The first-order chi connectivity index (χ1) is 7.31. The molecule has 86 valence electrons. The Morgan fingerprint density at radius 3 is 2.56 bits per heavy atom. The Hall–Kier alpha value is -1.04. The van der Waals surface area contributed by atoms with E-state index in [4.69, 9.17) is 5.73 Å². The number of hydrogen-bond acceptors (Lipinski definition) is 2. The van der Waals surface area contributed by atoms with E-state index in [1.54, 1.807) is 6.07 Å². The Morgan fingerprint density at radius 2 is 2.19 bits per heavy atom. The summed E-state index contributed by atoms with van der Waals surface area (Å²) in [6.07, 6.45) is 1.42. The molecule has 3 nitrogen and oxygen atoms in total. The number of alkyl halides is 2. The van der Waals surface area contributed by atoms with Gasteiger partial charge >= 0.3 is 0 Å².